The van der Waals surface area contributed by atoms with Crippen LogP contribution in [0.4, 0.5) is 0 Å². The van der Waals surface area contributed by atoms with Crippen LogP contribution in [0.15, 0.2) is 34.9 Å². The third-order valence-corrected chi connectivity index (χ3v) is 4.84. The molecule has 0 amide bonds. The Morgan fingerprint density at radius 2 is 2.16 bits per heavy atom. The summed E-state index contributed by atoms with van der Waals surface area (Å²) in [5.74, 6) is 0.637. The van der Waals surface area contributed by atoms with Crippen LogP contribution in [0, 0.1) is 10.8 Å². The minimum atomic E-state index is 0.117. The minimum Gasteiger partial charge on any atom is -0.0769 e. The highest BCUT2D eigenvalue weighted by Gasteiger charge is 2.39. The number of allylic oxidation sites excluding steroid dienone is 4. The lowest BCUT2D eigenvalue weighted by Gasteiger charge is -2.21. The second-order valence-electron chi connectivity index (χ2n) is 6.08. The molecule has 0 fully saturated rings. The van der Waals surface area contributed by atoms with Crippen molar-refractivity contribution < 1.29 is 4.76 Å². The molecule has 2 aliphatic carbocycles. The maximum atomic E-state index is 12.4. The highest BCUT2D eigenvalue weighted by molar-refractivity contribution is 5.57. The summed E-state index contributed by atoms with van der Waals surface area (Å²) in [6.07, 6.45) is 15.0. The molecule has 0 N–H and O–H groups in total. The van der Waals surface area contributed by atoms with Crippen LogP contribution < -0.4 is 0 Å². The molecule has 3 aliphatic rings. The Morgan fingerprint density at radius 3 is 3.00 bits per heavy atom. The van der Waals surface area contributed by atoms with E-state index in [1.807, 2.05) is 0 Å². The molecule has 1 aliphatic heterocycles. The van der Waals surface area contributed by atoms with Crippen LogP contribution in [0.5, 0.6) is 0 Å². The van der Waals surface area contributed by atoms with Gasteiger partial charge in [0.25, 0.3) is 0 Å². The summed E-state index contributed by atoms with van der Waals surface area (Å²) in [7, 11) is 0. The Morgan fingerprint density at radius 1 is 1.26 bits per heavy atom. The number of nitrogens with zero attached hydrogens (tertiary/aromatic N) is 1. The first-order valence-corrected chi connectivity index (χ1v) is 7.87. The second kappa shape index (κ2) is 5.44. The standard InChI is InChI=1S/C17H24NO/c1-2-3-4-8-16-15-10-9-13-6-5-7-14(17(13)15)11-12-18(16)19/h6,9-10,14,16H,2-5,7-8,11-12H2,1H3/q+1. The van der Waals surface area contributed by atoms with E-state index in [4.69, 9.17) is 0 Å². The van der Waals surface area contributed by atoms with Crippen LogP contribution in [0.25, 0.3) is 0 Å². The van der Waals surface area contributed by atoms with Crippen LogP contribution in [0.2, 0.25) is 0 Å². The van der Waals surface area contributed by atoms with Crippen LogP contribution in [-0.4, -0.2) is 17.3 Å². The number of unbranched alkanes of at least 4 members (excludes halogenated alkanes) is 2. The molecule has 0 bridgehead atoms. The third kappa shape index (κ3) is 2.33. The summed E-state index contributed by atoms with van der Waals surface area (Å²) in [4.78, 5) is 12.4. The average Bonchev–Trinajstić information content (AvgIpc) is 2.79. The van der Waals surface area contributed by atoms with Crippen LogP contribution >= 0.6 is 0 Å². The molecule has 0 radical (unpaired) electrons. The van der Waals surface area contributed by atoms with Crippen molar-refractivity contribution in [2.75, 3.05) is 6.54 Å². The van der Waals surface area contributed by atoms with Crippen molar-refractivity contribution in [2.24, 2.45) is 5.92 Å². The van der Waals surface area contributed by atoms with Gasteiger partial charge in [-0.25, -0.2) is 0 Å². The largest absolute Gasteiger partial charge is 0.226 e. The van der Waals surface area contributed by atoms with E-state index in [-0.39, 0.29) is 6.04 Å². The van der Waals surface area contributed by atoms with Crippen molar-refractivity contribution in [3.8, 4) is 0 Å². The van der Waals surface area contributed by atoms with Gasteiger partial charge in [-0.15, -0.1) is 0 Å². The van der Waals surface area contributed by atoms with Gasteiger partial charge in [-0.3, -0.25) is 0 Å². The smallest absolute Gasteiger partial charge is 0.0769 e. The van der Waals surface area contributed by atoms with E-state index in [0.717, 1.165) is 19.4 Å². The summed E-state index contributed by atoms with van der Waals surface area (Å²) in [5.41, 5.74) is 4.28. The normalized spacial score (nSPS) is 29.3. The predicted octanol–water partition coefficient (Wildman–Crippen LogP) is 4.32. The van der Waals surface area contributed by atoms with Gasteiger partial charge >= 0.3 is 0 Å². The Balaban J connectivity index is 1.89. The van der Waals surface area contributed by atoms with Gasteiger partial charge in [-0.2, -0.15) is 0 Å². The Bertz CT molecular complexity index is 470. The van der Waals surface area contributed by atoms with Crippen molar-refractivity contribution in [2.45, 2.75) is 57.9 Å². The van der Waals surface area contributed by atoms with Gasteiger partial charge in [0.1, 0.15) is 0 Å². The van der Waals surface area contributed by atoms with E-state index in [1.54, 1.807) is 0 Å². The van der Waals surface area contributed by atoms with E-state index >= 15 is 0 Å². The van der Waals surface area contributed by atoms with Crippen molar-refractivity contribution >= 4 is 0 Å². The fourth-order valence-corrected chi connectivity index (χ4v) is 3.82. The Kier molecular flexibility index (Phi) is 3.67. The first-order chi connectivity index (χ1) is 9.31. The second-order valence-corrected chi connectivity index (χ2v) is 6.08. The van der Waals surface area contributed by atoms with E-state index in [9.17, 15) is 4.91 Å². The summed E-state index contributed by atoms with van der Waals surface area (Å²) in [6.45, 7) is 2.94. The molecule has 2 atom stereocenters. The van der Waals surface area contributed by atoms with Gasteiger partial charge in [-0.05, 0) is 36.3 Å². The van der Waals surface area contributed by atoms with Crippen LogP contribution in [0.1, 0.15) is 51.9 Å². The van der Waals surface area contributed by atoms with E-state index < -0.39 is 0 Å². The molecule has 0 aromatic heterocycles. The Labute approximate surface area is 115 Å². The summed E-state index contributed by atoms with van der Waals surface area (Å²) in [6, 6.07) is 0.117. The van der Waals surface area contributed by atoms with Crippen molar-refractivity contribution in [1.82, 2.24) is 0 Å². The molecule has 0 saturated heterocycles. The molecule has 0 aromatic rings. The molecule has 3 rings (SSSR count). The number of rotatable bonds is 4. The first kappa shape index (κ1) is 12.8. The lowest BCUT2D eigenvalue weighted by Crippen LogP contribution is -2.25. The molecule has 19 heavy (non-hydrogen) atoms. The van der Waals surface area contributed by atoms with E-state index in [0.29, 0.717) is 5.92 Å². The summed E-state index contributed by atoms with van der Waals surface area (Å²) >= 11 is 0. The first-order valence-electron chi connectivity index (χ1n) is 7.87. The molecule has 102 valence electrons. The number of nitroso groups, excluding NO2 is 1. The van der Waals surface area contributed by atoms with Crippen molar-refractivity contribution in [1.29, 1.82) is 0 Å². The average molecular weight is 258 g/mol. The quantitative estimate of drug-likeness (QED) is 0.543. The van der Waals surface area contributed by atoms with E-state index in [2.05, 4.69) is 25.2 Å². The summed E-state index contributed by atoms with van der Waals surface area (Å²) < 4.78 is 1.36. The number of hydrogen-bond donors (Lipinski definition) is 0. The monoisotopic (exact) mass is 258 g/mol. The zero-order valence-corrected chi connectivity index (χ0v) is 11.9. The zero-order chi connectivity index (χ0) is 13.2. The molecular formula is C17H24NO+. The SMILES string of the molecule is CCCCCC1C2=C3C(=CCCC3CC[N+]1=O)C=C2. The fraction of sp³-hybridized carbons (Fsp3) is 0.647. The lowest BCUT2D eigenvalue weighted by atomic mass is 9.81. The minimum absolute atomic E-state index is 0.117. The molecule has 0 saturated carbocycles. The van der Waals surface area contributed by atoms with Gasteiger partial charge in [0, 0.05) is 28.1 Å². The topological polar surface area (TPSA) is 20.1 Å². The Hall–Kier alpha value is -1.18. The highest BCUT2D eigenvalue weighted by Crippen LogP contribution is 2.43. The van der Waals surface area contributed by atoms with Crippen LogP contribution in [-0.2, 0) is 0 Å². The molecule has 0 spiro atoms. The molecule has 0 aromatic carbocycles. The zero-order valence-electron chi connectivity index (χ0n) is 11.9. The van der Waals surface area contributed by atoms with Gasteiger partial charge in [-0.1, -0.05) is 38.0 Å². The van der Waals surface area contributed by atoms with Crippen molar-refractivity contribution in [3.05, 3.63) is 39.9 Å². The molecule has 2 nitrogen and oxygen atoms in total. The predicted molar refractivity (Wildman–Crippen MR) is 78.0 cm³/mol. The van der Waals surface area contributed by atoms with E-state index in [1.165, 1.54) is 53.6 Å². The van der Waals surface area contributed by atoms with Gasteiger partial charge in [0.15, 0.2) is 6.54 Å². The maximum Gasteiger partial charge on any atom is 0.226 e. The lowest BCUT2D eigenvalue weighted by molar-refractivity contribution is -0.577. The van der Waals surface area contributed by atoms with Gasteiger partial charge < -0.3 is 0 Å². The van der Waals surface area contributed by atoms with Crippen LogP contribution in [0.3, 0.4) is 0 Å². The summed E-state index contributed by atoms with van der Waals surface area (Å²) in [5, 5.41) is 0. The van der Waals surface area contributed by atoms with Gasteiger partial charge in [0.05, 0.1) is 0 Å². The molecule has 2 heteroatoms. The molecule has 2 unspecified atom stereocenters. The molecule has 1 heterocycles. The van der Waals surface area contributed by atoms with Gasteiger partial charge in [0.2, 0.25) is 6.04 Å². The number of hydrogen-bond acceptors (Lipinski definition) is 1. The maximum absolute atomic E-state index is 12.4. The molecular weight excluding hydrogens is 234 g/mol. The fourth-order valence-electron chi connectivity index (χ4n) is 3.82. The third-order valence-electron chi connectivity index (χ3n) is 4.84. The highest BCUT2D eigenvalue weighted by atomic mass is 16.3. The van der Waals surface area contributed by atoms with Crippen molar-refractivity contribution in [3.63, 3.8) is 0 Å².